The lowest BCUT2D eigenvalue weighted by molar-refractivity contribution is -0.139. The number of sulfonamides is 1. The molecule has 0 aliphatic carbocycles. The van der Waals surface area contributed by atoms with Gasteiger partial charge in [-0.15, -0.1) is 0 Å². The number of hydrogen-bond donors (Lipinski definition) is 1. The number of nitrogens with one attached hydrogen (secondary N) is 1. The van der Waals surface area contributed by atoms with Crippen molar-refractivity contribution in [2.24, 2.45) is 5.92 Å². The number of methoxy groups -OCH3 is 1. The molecule has 0 aromatic heterocycles. The third-order valence-corrected chi connectivity index (χ3v) is 7.81. The number of amides is 2. The molecule has 0 bridgehead atoms. The van der Waals surface area contributed by atoms with E-state index in [1.165, 1.54) is 17.0 Å². The molecule has 0 heterocycles. The Morgan fingerprint density at radius 2 is 1.45 bits per heavy atom. The third kappa shape index (κ3) is 7.35. The normalized spacial score (nSPS) is 12.0. The van der Waals surface area contributed by atoms with Crippen LogP contribution in [0.4, 0.5) is 5.69 Å². The maximum Gasteiger partial charge on any atom is 0.264 e. The van der Waals surface area contributed by atoms with Crippen LogP contribution in [0.5, 0.6) is 5.75 Å². The second-order valence-electron chi connectivity index (χ2n) is 9.34. The summed E-state index contributed by atoms with van der Waals surface area (Å²) >= 11 is 0. The van der Waals surface area contributed by atoms with Crippen LogP contribution in [0.3, 0.4) is 0 Å². The summed E-state index contributed by atoms with van der Waals surface area (Å²) in [5, 5.41) is 2.88. The van der Waals surface area contributed by atoms with Gasteiger partial charge in [-0.2, -0.15) is 0 Å². The van der Waals surface area contributed by atoms with Crippen LogP contribution in [0.2, 0.25) is 0 Å². The lowest BCUT2D eigenvalue weighted by atomic mass is 10.1. The molecule has 3 rings (SSSR count). The SMILES string of the molecule is COc1ccc(CN(C(=O)CN(c2ccccc2)S(=O)(=O)c2ccccc2)[C@H](C)C(=O)NCC(C)C)cc1. The molecule has 0 unspecified atom stereocenters. The summed E-state index contributed by atoms with van der Waals surface area (Å²) in [4.78, 5) is 28.3. The van der Waals surface area contributed by atoms with E-state index in [-0.39, 0.29) is 23.3 Å². The van der Waals surface area contributed by atoms with E-state index in [0.29, 0.717) is 18.0 Å². The molecule has 38 heavy (non-hydrogen) atoms. The van der Waals surface area contributed by atoms with Crippen LogP contribution in [0.15, 0.2) is 89.8 Å². The first kappa shape index (κ1) is 28.7. The first-order chi connectivity index (χ1) is 18.1. The van der Waals surface area contributed by atoms with Crippen molar-refractivity contribution in [1.29, 1.82) is 0 Å². The van der Waals surface area contributed by atoms with Crippen molar-refractivity contribution in [2.75, 3.05) is 24.5 Å². The van der Waals surface area contributed by atoms with E-state index in [1.54, 1.807) is 74.7 Å². The third-order valence-electron chi connectivity index (χ3n) is 6.02. The van der Waals surface area contributed by atoms with E-state index in [9.17, 15) is 18.0 Å². The van der Waals surface area contributed by atoms with Gasteiger partial charge in [-0.1, -0.05) is 62.4 Å². The number of nitrogens with zero attached hydrogens (tertiary/aromatic N) is 2. The zero-order chi connectivity index (χ0) is 27.7. The van der Waals surface area contributed by atoms with Crippen LogP contribution >= 0.6 is 0 Å². The number of ether oxygens (including phenoxy) is 1. The highest BCUT2D eigenvalue weighted by atomic mass is 32.2. The van der Waals surface area contributed by atoms with Gasteiger partial charge in [-0.05, 0) is 54.8 Å². The molecule has 1 N–H and O–H groups in total. The molecule has 2 amide bonds. The highest BCUT2D eigenvalue weighted by molar-refractivity contribution is 7.92. The Bertz CT molecular complexity index is 1300. The molecule has 3 aromatic carbocycles. The Morgan fingerprint density at radius 3 is 2.00 bits per heavy atom. The number of para-hydroxylation sites is 1. The zero-order valence-corrected chi connectivity index (χ0v) is 23.0. The largest absolute Gasteiger partial charge is 0.497 e. The van der Waals surface area contributed by atoms with Gasteiger partial charge in [0.25, 0.3) is 10.0 Å². The van der Waals surface area contributed by atoms with E-state index in [4.69, 9.17) is 4.74 Å². The summed E-state index contributed by atoms with van der Waals surface area (Å²) in [6.45, 7) is 5.73. The average Bonchev–Trinajstić information content (AvgIpc) is 2.94. The van der Waals surface area contributed by atoms with E-state index in [1.807, 2.05) is 26.0 Å². The van der Waals surface area contributed by atoms with E-state index >= 15 is 0 Å². The van der Waals surface area contributed by atoms with Gasteiger partial charge < -0.3 is 15.0 Å². The number of hydrogen-bond acceptors (Lipinski definition) is 5. The van der Waals surface area contributed by atoms with Crippen LogP contribution in [0.25, 0.3) is 0 Å². The predicted octanol–water partition coefficient (Wildman–Crippen LogP) is 4.08. The van der Waals surface area contributed by atoms with Crippen LogP contribution < -0.4 is 14.4 Å². The molecule has 0 aliphatic rings. The molecule has 3 aromatic rings. The summed E-state index contributed by atoms with van der Waals surface area (Å²) < 4.78 is 33.6. The zero-order valence-electron chi connectivity index (χ0n) is 22.2. The topological polar surface area (TPSA) is 96.0 Å². The predicted molar refractivity (Wildman–Crippen MR) is 148 cm³/mol. The molecule has 1 atom stereocenters. The molecule has 0 saturated heterocycles. The minimum atomic E-state index is -4.06. The monoisotopic (exact) mass is 537 g/mol. The van der Waals surface area contributed by atoms with Crippen molar-refractivity contribution in [3.05, 3.63) is 90.5 Å². The van der Waals surface area contributed by atoms with Crippen LogP contribution in [-0.2, 0) is 26.2 Å². The second kappa shape index (κ2) is 13.1. The fraction of sp³-hybridized carbons (Fsp3) is 0.310. The molecular formula is C29H35N3O5S. The highest BCUT2D eigenvalue weighted by Gasteiger charge is 2.32. The summed E-state index contributed by atoms with van der Waals surface area (Å²) in [7, 11) is -2.50. The van der Waals surface area contributed by atoms with E-state index < -0.39 is 28.5 Å². The second-order valence-corrected chi connectivity index (χ2v) is 11.2. The number of anilines is 1. The standard InChI is InChI=1S/C29H35N3O5S/c1-22(2)19-30-29(34)23(3)31(20-24-15-17-26(37-4)18-16-24)28(33)21-32(25-11-7-5-8-12-25)38(35,36)27-13-9-6-10-14-27/h5-18,22-23H,19-21H2,1-4H3,(H,30,34)/t23-/m1/s1. The molecule has 8 nitrogen and oxygen atoms in total. The molecule has 0 saturated carbocycles. The van der Waals surface area contributed by atoms with Crippen molar-refractivity contribution in [3.8, 4) is 5.75 Å². The Balaban J connectivity index is 1.96. The average molecular weight is 538 g/mol. The van der Waals surface area contributed by atoms with Gasteiger partial charge in [-0.3, -0.25) is 13.9 Å². The van der Waals surface area contributed by atoms with Crippen molar-refractivity contribution >= 4 is 27.5 Å². The maximum absolute atomic E-state index is 13.8. The molecule has 0 radical (unpaired) electrons. The van der Waals surface area contributed by atoms with Gasteiger partial charge >= 0.3 is 0 Å². The Hall–Kier alpha value is -3.85. The smallest absolute Gasteiger partial charge is 0.264 e. The fourth-order valence-corrected chi connectivity index (χ4v) is 5.24. The van der Waals surface area contributed by atoms with Crippen LogP contribution in [0, 0.1) is 5.92 Å². The van der Waals surface area contributed by atoms with Gasteiger partial charge in [0.15, 0.2) is 0 Å². The molecule has 0 fully saturated rings. The van der Waals surface area contributed by atoms with Gasteiger partial charge in [0, 0.05) is 13.1 Å². The van der Waals surface area contributed by atoms with Gasteiger partial charge in [0.2, 0.25) is 11.8 Å². The highest BCUT2D eigenvalue weighted by Crippen LogP contribution is 2.24. The van der Waals surface area contributed by atoms with Gasteiger partial charge in [-0.25, -0.2) is 8.42 Å². The van der Waals surface area contributed by atoms with E-state index in [2.05, 4.69) is 5.32 Å². The van der Waals surface area contributed by atoms with E-state index in [0.717, 1.165) is 9.87 Å². The minimum Gasteiger partial charge on any atom is -0.497 e. The molecule has 9 heteroatoms. The van der Waals surface area contributed by atoms with Crippen molar-refractivity contribution in [1.82, 2.24) is 10.2 Å². The molecule has 0 aliphatic heterocycles. The lowest BCUT2D eigenvalue weighted by Crippen LogP contribution is -2.51. The number of carbonyl (C=O) groups is 2. The Morgan fingerprint density at radius 1 is 0.868 bits per heavy atom. The van der Waals surface area contributed by atoms with Crippen molar-refractivity contribution < 1.29 is 22.7 Å². The summed E-state index contributed by atoms with van der Waals surface area (Å²) in [6, 6.07) is 22.8. The lowest BCUT2D eigenvalue weighted by Gasteiger charge is -2.32. The van der Waals surface area contributed by atoms with Gasteiger partial charge in [0.05, 0.1) is 17.7 Å². The van der Waals surface area contributed by atoms with Crippen LogP contribution in [-0.4, -0.2) is 51.4 Å². The van der Waals surface area contributed by atoms with Crippen molar-refractivity contribution in [3.63, 3.8) is 0 Å². The first-order valence-electron chi connectivity index (χ1n) is 12.5. The number of carbonyl (C=O) groups excluding carboxylic acids is 2. The summed E-state index contributed by atoms with van der Waals surface area (Å²) in [5.74, 6) is 0.0918. The minimum absolute atomic E-state index is 0.0704. The number of benzene rings is 3. The van der Waals surface area contributed by atoms with Crippen molar-refractivity contribution in [2.45, 2.75) is 38.3 Å². The molecular weight excluding hydrogens is 502 g/mol. The fourth-order valence-electron chi connectivity index (χ4n) is 3.81. The molecule has 0 spiro atoms. The summed E-state index contributed by atoms with van der Waals surface area (Å²) in [5.41, 5.74) is 1.13. The number of rotatable bonds is 12. The van der Waals surface area contributed by atoms with Crippen LogP contribution in [0.1, 0.15) is 26.3 Å². The summed E-state index contributed by atoms with van der Waals surface area (Å²) in [6.07, 6.45) is 0. The Labute approximate surface area is 225 Å². The van der Waals surface area contributed by atoms with Gasteiger partial charge in [0.1, 0.15) is 18.3 Å². The quantitative estimate of drug-likeness (QED) is 0.376. The maximum atomic E-state index is 13.8. The molecule has 202 valence electrons. The Kier molecular flexibility index (Phi) is 9.90. The first-order valence-corrected chi connectivity index (χ1v) is 13.9.